The van der Waals surface area contributed by atoms with E-state index in [2.05, 4.69) is 11.9 Å². The molecule has 3 rings (SSSR count). The highest BCUT2D eigenvalue weighted by Gasteiger charge is 1.98. The van der Waals surface area contributed by atoms with Crippen LogP contribution in [0.3, 0.4) is 0 Å². The zero-order valence-corrected chi connectivity index (χ0v) is 13.4. The topological polar surface area (TPSA) is 21.6 Å². The maximum Gasteiger partial charge on any atom is 0.123 e. The molecule has 3 aromatic rings. The number of benzene rings is 3. The molecule has 0 unspecified atom stereocenters. The van der Waals surface area contributed by atoms with E-state index in [4.69, 9.17) is 4.74 Å². The molecule has 0 aliphatic rings. The van der Waals surface area contributed by atoms with Gasteiger partial charge in [-0.05, 0) is 54.4 Å². The predicted molar refractivity (Wildman–Crippen MR) is 95.6 cm³/mol. The third-order valence-corrected chi connectivity index (χ3v) is 3.57. The molecule has 0 atom stereocenters. The van der Waals surface area contributed by atoms with E-state index >= 15 is 0 Å². The van der Waals surface area contributed by atoms with Gasteiger partial charge in [0.1, 0.15) is 18.2 Å². The molecule has 0 saturated carbocycles. The standard InChI is InChI=1S/C21H18FNO/c1-16-5-11-20(12-6-16)23-14-18-3-2-4-21(13-18)24-15-17-7-9-19(22)10-8-17/h2-14H,15H2,1H3. The van der Waals surface area contributed by atoms with E-state index in [1.165, 1.54) is 17.7 Å². The number of hydrogen-bond donors (Lipinski definition) is 0. The highest BCUT2D eigenvalue weighted by atomic mass is 19.1. The fourth-order valence-corrected chi connectivity index (χ4v) is 2.21. The molecule has 3 heteroatoms. The van der Waals surface area contributed by atoms with E-state index < -0.39 is 0 Å². The van der Waals surface area contributed by atoms with Crippen molar-refractivity contribution in [3.8, 4) is 5.75 Å². The van der Waals surface area contributed by atoms with Crippen LogP contribution in [-0.2, 0) is 6.61 Å². The van der Waals surface area contributed by atoms with E-state index in [1.54, 1.807) is 12.1 Å². The molecule has 0 spiro atoms. The van der Waals surface area contributed by atoms with Gasteiger partial charge in [0.05, 0.1) is 5.69 Å². The number of halogens is 1. The highest BCUT2D eigenvalue weighted by Crippen LogP contribution is 2.16. The number of ether oxygens (including phenoxy) is 1. The first-order valence-electron chi connectivity index (χ1n) is 7.77. The second-order valence-electron chi connectivity index (χ2n) is 5.58. The zero-order valence-electron chi connectivity index (χ0n) is 13.4. The Bertz CT molecular complexity index is 823. The summed E-state index contributed by atoms with van der Waals surface area (Å²) in [7, 11) is 0. The molecule has 0 heterocycles. The van der Waals surface area contributed by atoms with Gasteiger partial charge >= 0.3 is 0 Å². The van der Waals surface area contributed by atoms with Crippen molar-refractivity contribution in [2.24, 2.45) is 4.99 Å². The molecular weight excluding hydrogens is 301 g/mol. The summed E-state index contributed by atoms with van der Waals surface area (Å²) in [6.45, 7) is 2.45. The lowest BCUT2D eigenvalue weighted by Crippen LogP contribution is -1.96. The van der Waals surface area contributed by atoms with Crippen molar-refractivity contribution in [3.05, 3.63) is 95.3 Å². The average molecular weight is 319 g/mol. The van der Waals surface area contributed by atoms with Gasteiger partial charge in [0.2, 0.25) is 0 Å². The molecule has 0 saturated heterocycles. The molecular formula is C21H18FNO. The fourth-order valence-electron chi connectivity index (χ4n) is 2.21. The summed E-state index contributed by atoms with van der Waals surface area (Å²) < 4.78 is 18.7. The Labute approximate surface area is 141 Å². The van der Waals surface area contributed by atoms with Gasteiger partial charge in [-0.1, -0.05) is 42.0 Å². The number of aryl methyl sites for hydroxylation is 1. The molecule has 0 aliphatic carbocycles. The van der Waals surface area contributed by atoms with E-state index in [1.807, 2.05) is 54.7 Å². The lowest BCUT2D eigenvalue weighted by Gasteiger charge is -2.07. The summed E-state index contributed by atoms with van der Waals surface area (Å²) in [5.41, 5.74) is 4.02. The minimum absolute atomic E-state index is 0.243. The van der Waals surface area contributed by atoms with Crippen molar-refractivity contribution >= 4 is 11.9 Å². The van der Waals surface area contributed by atoms with Gasteiger partial charge in [0.15, 0.2) is 0 Å². The van der Waals surface area contributed by atoms with Gasteiger partial charge in [0, 0.05) is 6.21 Å². The Morgan fingerprint density at radius 1 is 0.958 bits per heavy atom. The molecule has 3 aromatic carbocycles. The Kier molecular flexibility index (Phi) is 5.02. The van der Waals surface area contributed by atoms with Crippen LogP contribution in [-0.4, -0.2) is 6.21 Å². The van der Waals surface area contributed by atoms with Crippen LogP contribution in [0.4, 0.5) is 10.1 Å². The number of nitrogens with zero attached hydrogens (tertiary/aromatic N) is 1. The predicted octanol–water partition coefficient (Wildman–Crippen LogP) is 5.46. The van der Waals surface area contributed by atoms with E-state index in [0.29, 0.717) is 6.61 Å². The van der Waals surface area contributed by atoms with Crippen molar-refractivity contribution in [2.75, 3.05) is 0 Å². The molecule has 0 radical (unpaired) electrons. The monoisotopic (exact) mass is 319 g/mol. The molecule has 0 aliphatic heterocycles. The van der Waals surface area contributed by atoms with E-state index in [-0.39, 0.29) is 5.82 Å². The average Bonchev–Trinajstić information content (AvgIpc) is 2.61. The van der Waals surface area contributed by atoms with Crippen molar-refractivity contribution in [2.45, 2.75) is 13.5 Å². The van der Waals surface area contributed by atoms with Crippen molar-refractivity contribution in [3.63, 3.8) is 0 Å². The Morgan fingerprint density at radius 2 is 1.71 bits per heavy atom. The first-order valence-corrected chi connectivity index (χ1v) is 7.77. The van der Waals surface area contributed by atoms with Crippen LogP contribution in [0.2, 0.25) is 0 Å². The smallest absolute Gasteiger partial charge is 0.123 e. The lowest BCUT2D eigenvalue weighted by molar-refractivity contribution is 0.306. The largest absolute Gasteiger partial charge is 0.489 e. The number of rotatable bonds is 5. The first-order chi connectivity index (χ1) is 11.7. The van der Waals surface area contributed by atoms with Gasteiger partial charge in [-0.25, -0.2) is 4.39 Å². The van der Waals surface area contributed by atoms with Crippen LogP contribution in [0.5, 0.6) is 5.75 Å². The summed E-state index contributed by atoms with van der Waals surface area (Å²) in [6.07, 6.45) is 1.81. The summed E-state index contributed by atoms with van der Waals surface area (Å²) in [6, 6.07) is 22.1. The summed E-state index contributed by atoms with van der Waals surface area (Å²) in [4.78, 5) is 4.46. The molecule has 120 valence electrons. The van der Waals surface area contributed by atoms with Crippen LogP contribution in [0.25, 0.3) is 0 Å². The van der Waals surface area contributed by atoms with Gasteiger partial charge < -0.3 is 4.74 Å². The quantitative estimate of drug-likeness (QED) is 0.572. The van der Waals surface area contributed by atoms with Crippen LogP contribution >= 0.6 is 0 Å². The molecule has 2 nitrogen and oxygen atoms in total. The fraction of sp³-hybridized carbons (Fsp3) is 0.0952. The highest BCUT2D eigenvalue weighted by molar-refractivity contribution is 5.82. The normalized spacial score (nSPS) is 10.9. The first kappa shape index (κ1) is 15.9. The molecule has 0 bridgehead atoms. The van der Waals surface area contributed by atoms with Crippen LogP contribution in [0.1, 0.15) is 16.7 Å². The van der Waals surface area contributed by atoms with Crippen molar-refractivity contribution < 1.29 is 9.13 Å². The lowest BCUT2D eigenvalue weighted by atomic mass is 10.2. The van der Waals surface area contributed by atoms with Gasteiger partial charge in [-0.3, -0.25) is 4.99 Å². The molecule has 0 N–H and O–H groups in total. The van der Waals surface area contributed by atoms with Gasteiger partial charge in [0.25, 0.3) is 0 Å². The second kappa shape index (κ2) is 7.55. The van der Waals surface area contributed by atoms with Crippen molar-refractivity contribution in [1.29, 1.82) is 0 Å². The molecule has 0 fully saturated rings. The molecule has 24 heavy (non-hydrogen) atoms. The minimum atomic E-state index is -0.243. The maximum atomic E-state index is 12.9. The number of hydrogen-bond acceptors (Lipinski definition) is 2. The summed E-state index contributed by atoms with van der Waals surface area (Å²) >= 11 is 0. The summed E-state index contributed by atoms with van der Waals surface area (Å²) in [5.74, 6) is 0.514. The van der Waals surface area contributed by atoms with Crippen LogP contribution in [0.15, 0.2) is 77.8 Å². The van der Waals surface area contributed by atoms with E-state index in [0.717, 1.165) is 22.6 Å². The number of aliphatic imine (C=N–C) groups is 1. The molecule has 0 amide bonds. The zero-order chi connectivity index (χ0) is 16.8. The van der Waals surface area contributed by atoms with Crippen molar-refractivity contribution in [1.82, 2.24) is 0 Å². The van der Waals surface area contributed by atoms with Gasteiger partial charge in [-0.2, -0.15) is 0 Å². The SMILES string of the molecule is Cc1ccc(N=Cc2cccc(OCc3ccc(F)cc3)c2)cc1. The van der Waals surface area contributed by atoms with Crippen LogP contribution < -0.4 is 4.74 Å². The Hall–Kier alpha value is -2.94. The second-order valence-corrected chi connectivity index (χ2v) is 5.58. The van der Waals surface area contributed by atoms with E-state index in [9.17, 15) is 4.39 Å². The third-order valence-electron chi connectivity index (χ3n) is 3.57. The van der Waals surface area contributed by atoms with Gasteiger partial charge in [-0.15, -0.1) is 0 Å². The minimum Gasteiger partial charge on any atom is -0.489 e. The maximum absolute atomic E-state index is 12.9. The Balaban J connectivity index is 1.65. The Morgan fingerprint density at radius 3 is 2.46 bits per heavy atom. The van der Waals surface area contributed by atoms with Crippen LogP contribution in [0, 0.1) is 12.7 Å². The third kappa shape index (κ3) is 4.53. The molecule has 0 aromatic heterocycles. The summed E-state index contributed by atoms with van der Waals surface area (Å²) in [5, 5.41) is 0.